The molecule has 1 saturated heterocycles. The van der Waals surface area contributed by atoms with Gasteiger partial charge in [0.2, 0.25) is 0 Å². The highest BCUT2D eigenvalue weighted by atomic mass is 16.5. The SMILES string of the molecule is CC1CCC(COC2CNc3ccccc3C2)O1. The van der Waals surface area contributed by atoms with Gasteiger partial charge in [-0.2, -0.15) is 0 Å². The summed E-state index contributed by atoms with van der Waals surface area (Å²) >= 11 is 0. The van der Waals surface area contributed by atoms with E-state index in [1.807, 2.05) is 0 Å². The molecule has 3 rings (SSSR count). The van der Waals surface area contributed by atoms with Gasteiger partial charge >= 0.3 is 0 Å². The third kappa shape index (κ3) is 2.68. The van der Waals surface area contributed by atoms with Crippen LogP contribution >= 0.6 is 0 Å². The van der Waals surface area contributed by atoms with Crippen LogP contribution in [0.4, 0.5) is 5.69 Å². The van der Waals surface area contributed by atoms with Crippen LogP contribution in [-0.4, -0.2) is 31.5 Å². The summed E-state index contributed by atoms with van der Waals surface area (Å²) in [6.45, 7) is 3.77. The summed E-state index contributed by atoms with van der Waals surface area (Å²) in [6, 6.07) is 8.46. The summed E-state index contributed by atoms with van der Waals surface area (Å²) < 4.78 is 11.8. The minimum atomic E-state index is 0.277. The molecule has 3 atom stereocenters. The van der Waals surface area contributed by atoms with Crippen LogP contribution in [0.15, 0.2) is 24.3 Å². The van der Waals surface area contributed by atoms with E-state index < -0.39 is 0 Å². The molecule has 1 aromatic carbocycles. The van der Waals surface area contributed by atoms with Gasteiger partial charge in [-0.15, -0.1) is 0 Å². The number of anilines is 1. The van der Waals surface area contributed by atoms with Crippen molar-refractivity contribution in [3.63, 3.8) is 0 Å². The Balaban J connectivity index is 1.51. The third-order valence-electron chi connectivity index (χ3n) is 3.82. The van der Waals surface area contributed by atoms with Gasteiger partial charge in [-0.3, -0.25) is 0 Å². The Kier molecular flexibility index (Phi) is 3.52. The Bertz CT molecular complexity index is 407. The maximum atomic E-state index is 5.98. The maximum absolute atomic E-state index is 5.98. The first-order valence-electron chi connectivity index (χ1n) is 6.90. The Morgan fingerprint density at radius 2 is 2.22 bits per heavy atom. The van der Waals surface area contributed by atoms with E-state index in [4.69, 9.17) is 9.47 Å². The molecule has 0 bridgehead atoms. The van der Waals surface area contributed by atoms with Gasteiger partial charge in [0.15, 0.2) is 0 Å². The monoisotopic (exact) mass is 247 g/mol. The molecule has 2 aliphatic rings. The predicted molar refractivity (Wildman–Crippen MR) is 71.9 cm³/mol. The predicted octanol–water partition coefficient (Wildman–Crippen LogP) is 2.61. The van der Waals surface area contributed by atoms with Crippen molar-refractivity contribution in [2.24, 2.45) is 0 Å². The largest absolute Gasteiger partial charge is 0.382 e. The van der Waals surface area contributed by atoms with Gasteiger partial charge in [-0.25, -0.2) is 0 Å². The van der Waals surface area contributed by atoms with Gasteiger partial charge in [0.05, 0.1) is 24.9 Å². The van der Waals surface area contributed by atoms with Crippen molar-refractivity contribution in [1.29, 1.82) is 0 Å². The zero-order valence-corrected chi connectivity index (χ0v) is 10.9. The summed E-state index contributed by atoms with van der Waals surface area (Å²) in [7, 11) is 0. The molecule has 3 heteroatoms. The van der Waals surface area contributed by atoms with E-state index in [0.29, 0.717) is 12.2 Å². The van der Waals surface area contributed by atoms with Gasteiger partial charge in [-0.05, 0) is 31.4 Å². The zero-order valence-electron chi connectivity index (χ0n) is 10.9. The Labute approximate surface area is 108 Å². The molecular weight excluding hydrogens is 226 g/mol. The van der Waals surface area contributed by atoms with E-state index in [9.17, 15) is 0 Å². The molecule has 98 valence electrons. The zero-order chi connectivity index (χ0) is 12.4. The first-order chi connectivity index (χ1) is 8.81. The smallest absolute Gasteiger partial charge is 0.0813 e. The van der Waals surface area contributed by atoms with E-state index in [-0.39, 0.29) is 6.10 Å². The number of para-hydroxylation sites is 1. The van der Waals surface area contributed by atoms with E-state index in [1.54, 1.807) is 0 Å². The van der Waals surface area contributed by atoms with Crippen LogP contribution in [0.5, 0.6) is 0 Å². The minimum absolute atomic E-state index is 0.277. The number of hydrogen-bond acceptors (Lipinski definition) is 3. The lowest BCUT2D eigenvalue weighted by molar-refractivity contribution is -0.0344. The number of ether oxygens (including phenoxy) is 2. The van der Waals surface area contributed by atoms with Crippen molar-refractivity contribution in [3.8, 4) is 0 Å². The fraction of sp³-hybridized carbons (Fsp3) is 0.600. The molecule has 1 fully saturated rings. The first kappa shape index (κ1) is 12.0. The van der Waals surface area contributed by atoms with Gasteiger partial charge in [-0.1, -0.05) is 18.2 Å². The second-order valence-electron chi connectivity index (χ2n) is 5.34. The van der Waals surface area contributed by atoms with Crippen molar-refractivity contribution < 1.29 is 9.47 Å². The van der Waals surface area contributed by atoms with E-state index in [2.05, 4.69) is 36.5 Å². The third-order valence-corrected chi connectivity index (χ3v) is 3.82. The van der Waals surface area contributed by atoms with Crippen LogP contribution in [0.25, 0.3) is 0 Å². The molecule has 0 aliphatic carbocycles. The molecule has 18 heavy (non-hydrogen) atoms. The Morgan fingerprint density at radius 1 is 1.33 bits per heavy atom. The van der Waals surface area contributed by atoms with Gasteiger partial charge in [0.25, 0.3) is 0 Å². The fourth-order valence-electron chi connectivity index (χ4n) is 2.78. The molecule has 2 heterocycles. The molecule has 0 saturated carbocycles. The number of hydrogen-bond donors (Lipinski definition) is 1. The number of benzene rings is 1. The maximum Gasteiger partial charge on any atom is 0.0813 e. The number of fused-ring (bicyclic) bond motifs is 1. The summed E-state index contributed by atoms with van der Waals surface area (Å²) in [5.41, 5.74) is 2.61. The topological polar surface area (TPSA) is 30.5 Å². The highest BCUT2D eigenvalue weighted by molar-refractivity contribution is 5.53. The second kappa shape index (κ2) is 5.29. The van der Waals surface area contributed by atoms with Crippen molar-refractivity contribution in [2.75, 3.05) is 18.5 Å². The first-order valence-corrected chi connectivity index (χ1v) is 6.90. The van der Waals surface area contributed by atoms with E-state index >= 15 is 0 Å². The molecule has 3 nitrogen and oxygen atoms in total. The summed E-state index contributed by atoms with van der Waals surface area (Å²) in [6.07, 6.45) is 4.30. The van der Waals surface area contributed by atoms with Crippen LogP contribution in [0.1, 0.15) is 25.3 Å². The normalized spacial score (nSPS) is 30.8. The Hall–Kier alpha value is -1.06. The van der Waals surface area contributed by atoms with Crippen LogP contribution in [0.3, 0.4) is 0 Å². The summed E-state index contributed by atoms with van der Waals surface area (Å²) in [4.78, 5) is 0. The van der Waals surface area contributed by atoms with Crippen molar-refractivity contribution in [2.45, 2.75) is 44.5 Å². The quantitative estimate of drug-likeness (QED) is 0.890. The molecule has 0 spiro atoms. The van der Waals surface area contributed by atoms with Crippen LogP contribution in [0.2, 0.25) is 0 Å². The molecule has 0 radical (unpaired) electrons. The average Bonchev–Trinajstić information content (AvgIpc) is 2.82. The van der Waals surface area contributed by atoms with Crippen LogP contribution in [0, 0.1) is 0 Å². The van der Waals surface area contributed by atoms with Gasteiger partial charge in [0.1, 0.15) is 0 Å². The lowest BCUT2D eigenvalue weighted by Gasteiger charge is -2.27. The lowest BCUT2D eigenvalue weighted by Crippen LogP contribution is -2.33. The van der Waals surface area contributed by atoms with Crippen molar-refractivity contribution in [1.82, 2.24) is 0 Å². The highest BCUT2D eigenvalue weighted by Crippen LogP contribution is 2.24. The van der Waals surface area contributed by atoms with Crippen LogP contribution in [-0.2, 0) is 15.9 Å². The number of nitrogens with one attached hydrogen (secondary N) is 1. The average molecular weight is 247 g/mol. The lowest BCUT2D eigenvalue weighted by atomic mass is 10.0. The van der Waals surface area contributed by atoms with E-state index in [0.717, 1.165) is 26.0 Å². The van der Waals surface area contributed by atoms with Crippen molar-refractivity contribution in [3.05, 3.63) is 29.8 Å². The molecule has 0 amide bonds. The molecule has 1 N–H and O–H groups in total. The standard InChI is InChI=1S/C15H21NO2/c1-11-6-7-13(18-11)10-17-14-8-12-4-2-3-5-15(12)16-9-14/h2-5,11,13-14,16H,6-10H2,1H3. The summed E-state index contributed by atoms with van der Waals surface area (Å²) in [5, 5.41) is 3.43. The minimum Gasteiger partial charge on any atom is -0.382 e. The molecule has 2 aliphatic heterocycles. The molecule has 0 aromatic heterocycles. The van der Waals surface area contributed by atoms with Gasteiger partial charge < -0.3 is 14.8 Å². The second-order valence-corrected chi connectivity index (χ2v) is 5.34. The Morgan fingerprint density at radius 3 is 3.06 bits per heavy atom. The number of rotatable bonds is 3. The molecule has 3 unspecified atom stereocenters. The highest BCUT2D eigenvalue weighted by Gasteiger charge is 2.24. The van der Waals surface area contributed by atoms with Crippen LogP contribution < -0.4 is 5.32 Å². The summed E-state index contributed by atoms with van der Waals surface area (Å²) in [5.74, 6) is 0. The molecule has 1 aromatic rings. The fourth-order valence-corrected chi connectivity index (χ4v) is 2.78. The van der Waals surface area contributed by atoms with Gasteiger partial charge in [0, 0.05) is 18.7 Å². The van der Waals surface area contributed by atoms with Crippen molar-refractivity contribution >= 4 is 5.69 Å². The van der Waals surface area contributed by atoms with E-state index in [1.165, 1.54) is 17.7 Å². The molecular formula is C15H21NO2.